The monoisotopic (exact) mass is 396 g/mol. The number of carbonyl (C=O) groups is 2. The number of aliphatic carboxylic acids is 1. The Morgan fingerprint density at radius 3 is 2.57 bits per heavy atom. The Labute approximate surface area is 158 Å². The van der Waals surface area contributed by atoms with Crippen molar-refractivity contribution in [2.24, 2.45) is 5.41 Å². The zero-order valence-electron chi connectivity index (χ0n) is 14.9. The summed E-state index contributed by atoms with van der Waals surface area (Å²) in [6.45, 7) is -0.0302. The molecule has 1 aliphatic carbocycles. The molecule has 1 amide bonds. The van der Waals surface area contributed by atoms with E-state index in [1.54, 1.807) is 0 Å². The van der Waals surface area contributed by atoms with Gasteiger partial charge < -0.3 is 10.4 Å². The van der Waals surface area contributed by atoms with E-state index in [0.29, 0.717) is 12.8 Å². The molecule has 1 aliphatic rings. The highest BCUT2D eigenvalue weighted by atomic mass is 19.4. The quantitative estimate of drug-likeness (QED) is 0.810. The third-order valence-electron chi connectivity index (χ3n) is 5.02. The fourth-order valence-electron chi connectivity index (χ4n) is 3.35. The van der Waals surface area contributed by atoms with Gasteiger partial charge in [-0.3, -0.25) is 9.59 Å². The molecule has 0 bridgehead atoms. The summed E-state index contributed by atoms with van der Waals surface area (Å²) in [5.41, 5.74) is -1.83. The molecule has 2 N–H and O–H groups in total. The van der Waals surface area contributed by atoms with Crippen LogP contribution in [0.3, 0.4) is 0 Å². The molecule has 28 heavy (non-hydrogen) atoms. The molecule has 0 atom stereocenters. The Morgan fingerprint density at radius 2 is 1.93 bits per heavy atom. The van der Waals surface area contributed by atoms with Crippen LogP contribution in [0.2, 0.25) is 0 Å². The highest BCUT2D eigenvalue weighted by Gasteiger charge is 2.40. The summed E-state index contributed by atoms with van der Waals surface area (Å²) < 4.78 is 39.6. The zero-order chi connectivity index (χ0) is 20.4. The summed E-state index contributed by atoms with van der Waals surface area (Å²) in [7, 11) is 0. The Bertz CT molecular complexity index is 873. The molecule has 1 fully saturated rings. The van der Waals surface area contributed by atoms with Gasteiger partial charge in [-0.25, -0.2) is 4.68 Å². The minimum atomic E-state index is -4.50. The second kappa shape index (κ2) is 7.61. The molecule has 0 saturated heterocycles. The fourth-order valence-corrected chi connectivity index (χ4v) is 3.35. The van der Waals surface area contributed by atoms with E-state index >= 15 is 0 Å². The predicted molar refractivity (Wildman–Crippen MR) is 91.8 cm³/mol. The number of aromatic nitrogens is 3. The Balaban J connectivity index is 1.71. The molecule has 0 spiro atoms. The minimum absolute atomic E-state index is 0.0302. The summed E-state index contributed by atoms with van der Waals surface area (Å²) in [6, 6.07) is 4.48. The van der Waals surface area contributed by atoms with Crippen LogP contribution in [0.15, 0.2) is 30.5 Å². The number of halogens is 3. The van der Waals surface area contributed by atoms with Gasteiger partial charge in [-0.05, 0) is 31.0 Å². The molecule has 10 heteroatoms. The number of benzene rings is 1. The predicted octanol–water partition coefficient (Wildman–Crippen LogP) is 3.05. The second-order valence-corrected chi connectivity index (χ2v) is 6.93. The van der Waals surface area contributed by atoms with Crippen molar-refractivity contribution in [2.45, 2.75) is 38.3 Å². The molecule has 0 unspecified atom stereocenters. The van der Waals surface area contributed by atoms with Crippen LogP contribution < -0.4 is 5.32 Å². The van der Waals surface area contributed by atoms with Crippen molar-refractivity contribution in [3.8, 4) is 5.69 Å². The van der Waals surface area contributed by atoms with Crippen molar-refractivity contribution < 1.29 is 27.9 Å². The standard InChI is InChI=1S/C18H19F3N4O3/c19-18(20,21)12-5-4-6-13(9-12)25-10-14(23-24-25)15(26)22-11-17(16(27)28)7-2-1-3-8-17/h4-6,9-10H,1-3,7-8,11H2,(H,22,26)(H,27,28). The number of alkyl halides is 3. The maximum Gasteiger partial charge on any atom is 0.416 e. The van der Waals surface area contributed by atoms with Gasteiger partial charge in [-0.1, -0.05) is 30.5 Å². The lowest BCUT2D eigenvalue weighted by atomic mass is 9.74. The molecule has 2 aromatic rings. The van der Waals surface area contributed by atoms with Crippen LogP contribution in [0.5, 0.6) is 0 Å². The highest BCUT2D eigenvalue weighted by Crippen LogP contribution is 2.36. The Hall–Kier alpha value is -2.91. The number of nitrogens with one attached hydrogen (secondary N) is 1. The lowest BCUT2D eigenvalue weighted by Gasteiger charge is -2.33. The van der Waals surface area contributed by atoms with Crippen molar-refractivity contribution in [3.05, 3.63) is 41.7 Å². The molecule has 1 heterocycles. The third-order valence-corrected chi connectivity index (χ3v) is 5.02. The maximum atomic E-state index is 12.8. The summed E-state index contributed by atoms with van der Waals surface area (Å²) >= 11 is 0. The summed E-state index contributed by atoms with van der Waals surface area (Å²) in [5, 5.41) is 19.5. The molecule has 1 aromatic heterocycles. The third kappa shape index (κ3) is 4.15. The van der Waals surface area contributed by atoms with Crippen molar-refractivity contribution in [1.29, 1.82) is 0 Å². The van der Waals surface area contributed by atoms with Crippen molar-refractivity contribution >= 4 is 11.9 Å². The molecule has 0 radical (unpaired) electrons. The first-order chi connectivity index (χ1) is 13.2. The number of hydrogen-bond donors (Lipinski definition) is 2. The van der Waals surface area contributed by atoms with E-state index in [1.807, 2.05) is 0 Å². The number of nitrogens with zero attached hydrogens (tertiary/aromatic N) is 3. The largest absolute Gasteiger partial charge is 0.481 e. The van der Waals surface area contributed by atoms with Crippen LogP contribution in [0.1, 0.15) is 48.2 Å². The second-order valence-electron chi connectivity index (χ2n) is 6.93. The lowest BCUT2D eigenvalue weighted by molar-refractivity contribution is -0.150. The first-order valence-corrected chi connectivity index (χ1v) is 8.83. The van der Waals surface area contributed by atoms with E-state index in [0.717, 1.165) is 36.1 Å². The van der Waals surface area contributed by atoms with Crippen LogP contribution in [0.4, 0.5) is 13.2 Å². The molecule has 3 rings (SSSR count). The van der Waals surface area contributed by atoms with Gasteiger partial charge in [0.25, 0.3) is 5.91 Å². The van der Waals surface area contributed by atoms with Crippen molar-refractivity contribution in [3.63, 3.8) is 0 Å². The molecule has 150 valence electrons. The molecule has 1 saturated carbocycles. The van der Waals surface area contributed by atoms with Crippen molar-refractivity contribution in [1.82, 2.24) is 20.3 Å². The zero-order valence-corrected chi connectivity index (χ0v) is 14.9. The van der Waals surface area contributed by atoms with Crippen molar-refractivity contribution in [2.75, 3.05) is 6.54 Å². The number of amides is 1. The van der Waals surface area contributed by atoms with Crippen LogP contribution in [0.25, 0.3) is 5.69 Å². The lowest BCUT2D eigenvalue weighted by Crippen LogP contribution is -2.44. The van der Waals surface area contributed by atoms with Crippen LogP contribution >= 0.6 is 0 Å². The number of hydrogen-bond acceptors (Lipinski definition) is 4. The van der Waals surface area contributed by atoms with Gasteiger partial charge in [-0.2, -0.15) is 13.2 Å². The molecular formula is C18H19F3N4O3. The van der Waals surface area contributed by atoms with Gasteiger partial charge in [0, 0.05) is 6.54 Å². The summed E-state index contributed by atoms with van der Waals surface area (Å²) in [5.74, 6) is -1.57. The summed E-state index contributed by atoms with van der Waals surface area (Å²) in [4.78, 5) is 24.0. The van der Waals surface area contributed by atoms with Gasteiger partial charge in [-0.15, -0.1) is 5.10 Å². The van der Waals surface area contributed by atoms with E-state index in [9.17, 15) is 27.9 Å². The smallest absolute Gasteiger partial charge is 0.416 e. The van der Waals surface area contributed by atoms with E-state index < -0.39 is 29.0 Å². The number of carboxylic acids is 1. The molecule has 7 nitrogen and oxygen atoms in total. The Morgan fingerprint density at radius 1 is 1.21 bits per heavy atom. The average Bonchev–Trinajstić information content (AvgIpc) is 3.16. The van der Waals surface area contributed by atoms with Gasteiger partial charge in [0.1, 0.15) is 0 Å². The van der Waals surface area contributed by atoms with E-state index in [-0.39, 0.29) is 17.9 Å². The van der Waals surface area contributed by atoms with E-state index in [2.05, 4.69) is 15.6 Å². The first-order valence-electron chi connectivity index (χ1n) is 8.83. The average molecular weight is 396 g/mol. The van der Waals surface area contributed by atoms with Crippen LogP contribution in [-0.2, 0) is 11.0 Å². The molecular weight excluding hydrogens is 377 g/mol. The van der Waals surface area contributed by atoms with Gasteiger partial charge >= 0.3 is 12.1 Å². The maximum absolute atomic E-state index is 12.8. The minimum Gasteiger partial charge on any atom is -0.481 e. The van der Waals surface area contributed by atoms with Gasteiger partial charge in [0.05, 0.1) is 22.9 Å². The highest BCUT2D eigenvalue weighted by molar-refractivity contribution is 5.92. The van der Waals surface area contributed by atoms with Crippen LogP contribution in [0, 0.1) is 5.41 Å². The Kier molecular flexibility index (Phi) is 5.39. The number of carboxylic acid groups (broad SMARTS) is 1. The first kappa shape index (κ1) is 19.8. The normalized spacial score (nSPS) is 16.5. The molecule has 0 aliphatic heterocycles. The number of carbonyl (C=O) groups excluding carboxylic acids is 1. The molecule has 1 aromatic carbocycles. The summed E-state index contributed by atoms with van der Waals surface area (Å²) in [6.07, 6.45) is 0.218. The SMILES string of the molecule is O=C(NCC1(C(=O)O)CCCCC1)c1cn(-c2cccc(C(F)(F)F)c2)nn1. The fraction of sp³-hybridized carbons (Fsp3) is 0.444. The van der Waals surface area contributed by atoms with Gasteiger partial charge in [0.15, 0.2) is 5.69 Å². The van der Waals surface area contributed by atoms with Gasteiger partial charge in [0.2, 0.25) is 0 Å². The topological polar surface area (TPSA) is 97.1 Å². The van der Waals surface area contributed by atoms with E-state index in [4.69, 9.17) is 0 Å². The van der Waals surface area contributed by atoms with Crippen LogP contribution in [-0.4, -0.2) is 38.5 Å². The van der Waals surface area contributed by atoms with E-state index in [1.165, 1.54) is 18.3 Å². The number of rotatable bonds is 5.